The van der Waals surface area contributed by atoms with E-state index >= 15 is 0 Å². The van der Waals surface area contributed by atoms with Gasteiger partial charge in [-0.3, -0.25) is 14.6 Å². The van der Waals surface area contributed by atoms with Crippen LogP contribution >= 0.6 is 0 Å². The minimum atomic E-state index is -0.146. The van der Waals surface area contributed by atoms with Gasteiger partial charge >= 0.3 is 0 Å². The molecule has 3 rings (SSSR count). The third kappa shape index (κ3) is 3.22. The van der Waals surface area contributed by atoms with Crippen LogP contribution in [0.15, 0.2) is 30.3 Å². The largest absolute Gasteiger partial charge is 0.336 e. The van der Waals surface area contributed by atoms with Crippen LogP contribution in [-0.4, -0.2) is 37.8 Å². The number of nitrogens with one attached hydrogen (secondary N) is 1. The summed E-state index contributed by atoms with van der Waals surface area (Å²) in [6.45, 7) is 4.35. The Morgan fingerprint density at radius 1 is 1.31 bits per heavy atom. The van der Waals surface area contributed by atoms with Crippen molar-refractivity contribution in [3.63, 3.8) is 0 Å². The SMILES string of the molecule is Cc1nn(C)c(C)c1-c1cc(C(=O)N(C)Cc2ccc(C#N)cc2)[nH]n1. The quantitative estimate of drug-likeness (QED) is 0.784. The van der Waals surface area contributed by atoms with Gasteiger partial charge in [0.25, 0.3) is 5.91 Å². The molecule has 1 aromatic carbocycles. The van der Waals surface area contributed by atoms with E-state index in [9.17, 15) is 4.79 Å². The van der Waals surface area contributed by atoms with Crippen molar-refractivity contribution in [3.05, 3.63) is 58.5 Å². The number of aromatic amines is 1. The van der Waals surface area contributed by atoms with Crippen molar-refractivity contribution in [3.8, 4) is 17.3 Å². The van der Waals surface area contributed by atoms with Gasteiger partial charge in [-0.1, -0.05) is 12.1 Å². The number of nitrogens with zero attached hydrogens (tertiary/aromatic N) is 5. The minimum Gasteiger partial charge on any atom is -0.336 e. The lowest BCUT2D eigenvalue weighted by atomic mass is 10.1. The Morgan fingerprint density at radius 2 is 2.00 bits per heavy atom. The number of hydrogen-bond donors (Lipinski definition) is 1. The van der Waals surface area contributed by atoms with Crippen LogP contribution in [0.4, 0.5) is 0 Å². The highest BCUT2D eigenvalue weighted by Gasteiger charge is 2.19. The lowest BCUT2D eigenvalue weighted by molar-refractivity contribution is 0.0779. The molecule has 7 nitrogen and oxygen atoms in total. The average Bonchev–Trinajstić information content (AvgIpc) is 3.19. The topological polar surface area (TPSA) is 90.6 Å². The first kappa shape index (κ1) is 17.4. The molecule has 0 saturated carbocycles. The molecule has 132 valence electrons. The Balaban J connectivity index is 1.77. The molecule has 2 heterocycles. The maximum absolute atomic E-state index is 12.7. The van der Waals surface area contributed by atoms with Gasteiger partial charge in [0, 0.05) is 31.9 Å². The molecule has 0 radical (unpaired) electrons. The molecule has 1 amide bonds. The van der Waals surface area contributed by atoms with E-state index in [0.29, 0.717) is 23.5 Å². The molecule has 0 saturated heterocycles. The van der Waals surface area contributed by atoms with Crippen molar-refractivity contribution >= 4 is 5.91 Å². The monoisotopic (exact) mass is 348 g/mol. The van der Waals surface area contributed by atoms with E-state index in [1.54, 1.807) is 34.8 Å². The average molecular weight is 348 g/mol. The fraction of sp³-hybridized carbons (Fsp3) is 0.263. The molecule has 0 atom stereocenters. The van der Waals surface area contributed by atoms with Gasteiger partial charge in [0.2, 0.25) is 0 Å². The van der Waals surface area contributed by atoms with Crippen molar-refractivity contribution in [2.24, 2.45) is 7.05 Å². The second kappa shape index (κ2) is 6.84. The summed E-state index contributed by atoms with van der Waals surface area (Å²) in [4.78, 5) is 14.3. The highest BCUT2D eigenvalue weighted by Crippen LogP contribution is 2.25. The molecule has 3 aromatic rings. The van der Waals surface area contributed by atoms with Crippen LogP contribution in [0.25, 0.3) is 11.3 Å². The van der Waals surface area contributed by atoms with Crippen LogP contribution in [0.1, 0.15) is 33.0 Å². The number of nitriles is 1. The van der Waals surface area contributed by atoms with E-state index in [1.165, 1.54) is 0 Å². The van der Waals surface area contributed by atoms with E-state index in [4.69, 9.17) is 5.26 Å². The standard InChI is InChI=1S/C19H20N6O/c1-12-18(13(2)25(4)23-12)16-9-17(22-21-16)19(26)24(3)11-15-7-5-14(10-20)6-8-15/h5-9H,11H2,1-4H3,(H,21,22). The van der Waals surface area contributed by atoms with Gasteiger partial charge in [-0.25, -0.2) is 0 Å². The number of carbonyl (C=O) groups is 1. The lowest BCUT2D eigenvalue weighted by Crippen LogP contribution is -2.26. The maximum atomic E-state index is 12.7. The molecule has 0 bridgehead atoms. The van der Waals surface area contributed by atoms with Crippen molar-refractivity contribution in [1.82, 2.24) is 24.9 Å². The van der Waals surface area contributed by atoms with Gasteiger partial charge < -0.3 is 4.90 Å². The smallest absolute Gasteiger partial charge is 0.271 e. The number of H-pyrrole nitrogens is 1. The molecule has 0 unspecified atom stereocenters. The highest BCUT2D eigenvalue weighted by atomic mass is 16.2. The molecule has 0 spiro atoms. The minimum absolute atomic E-state index is 0.146. The zero-order chi connectivity index (χ0) is 18.8. The second-order valence-corrected chi connectivity index (χ2v) is 6.31. The summed E-state index contributed by atoms with van der Waals surface area (Å²) in [6, 6.07) is 11.0. The molecule has 0 aliphatic rings. The molecule has 26 heavy (non-hydrogen) atoms. The van der Waals surface area contributed by atoms with Crippen molar-refractivity contribution in [2.75, 3.05) is 7.05 Å². The Labute approximate surface area is 151 Å². The Kier molecular flexibility index (Phi) is 4.59. The normalized spacial score (nSPS) is 10.6. The summed E-state index contributed by atoms with van der Waals surface area (Å²) >= 11 is 0. The molecule has 7 heteroatoms. The number of aryl methyl sites for hydroxylation is 2. The van der Waals surface area contributed by atoms with Gasteiger partial charge in [0.05, 0.1) is 23.0 Å². The van der Waals surface area contributed by atoms with Gasteiger partial charge in [-0.2, -0.15) is 15.5 Å². The molecule has 0 aliphatic carbocycles. The summed E-state index contributed by atoms with van der Waals surface area (Å²) in [5, 5.41) is 20.4. The molecule has 0 fully saturated rings. The van der Waals surface area contributed by atoms with Crippen LogP contribution in [0.5, 0.6) is 0 Å². The first-order valence-electron chi connectivity index (χ1n) is 8.21. The zero-order valence-corrected chi connectivity index (χ0v) is 15.2. The van der Waals surface area contributed by atoms with Crippen LogP contribution in [0.2, 0.25) is 0 Å². The lowest BCUT2D eigenvalue weighted by Gasteiger charge is -2.16. The Hall–Kier alpha value is -3.40. The fourth-order valence-electron chi connectivity index (χ4n) is 2.94. The summed E-state index contributed by atoms with van der Waals surface area (Å²) in [5.74, 6) is -0.146. The Bertz CT molecular complexity index is 990. The first-order chi connectivity index (χ1) is 12.4. The number of rotatable bonds is 4. The molecule has 2 aromatic heterocycles. The van der Waals surface area contributed by atoms with Gasteiger partial charge in [-0.15, -0.1) is 0 Å². The number of hydrogen-bond acceptors (Lipinski definition) is 4. The first-order valence-corrected chi connectivity index (χ1v) is 8.21. The van der Waals surface area contributed by atoms with E-state index in [0.717, 1.165) is 22.5 Å². The van der Waals surface area contributed by atoms with E-state index in [2.05, 4.69) is 21.4 Å². The molecule has 1 N–H and O–H groups in total. The predicted molar refractivity (Wildman–Crippen MR) is 97.2 cm³/mol. The molecular formula is C19H20N6O. The van der Waals surface area contributed by atoms with E-state index in [1.807, 2.05) is 33.0 Å². The summed E-state index contributed by atoms with van der Waals surface area (Å²) in [6.07, 6.45) is 0. The summed E-state index contributed by atoms with van der Waals surface area (Å²) in [5.41, 5.74) is 5.52. The fourth-order valence-corrected chi connectivity index (χ4v) is 2.94. The summed E-state index contributed by atoms with van der Waals surface area (Å²) in [7, 11) is 3.62. The van der Waals surface area contributed by atoms with Gasteiger partial charge in [0.15, 0.2) is 0 Å². The van der Waals surface area contributed by atoms with Crippen molar-refractivity contribution in [2.45, 2.75) is 20.4 Å². The molecular weight excluding hydrogens is 328 g/mol. The predicted octanol–water partition coefficient (Wildman–Crippen LogP) is 2.57. The van der Waals surface area contributed by atoms with Crippen molar-refractivity contribution in [1.29, 1.82) is 5.26 Å². The van der Waals surface area contributed by atoms with E-state index in [-0.39, 0.29) is 5.91 Å². The number of amides is 1. The third-order valence-corrected chi connectivity index (χ3v) is 4.42. The van der Waals surface area contributed by atoms with E-state index < -0.39 is 0 Å². The van der Waals surface area contributed by atoms with Crippen LogP contribution in [0, 0.1) is 25.2 Å². The Morgan fingerprint density at radius 3 is 2.58 bits per heavy atom. The maximum Gasteiger partial charge on any atom is 0.271 e. The summed E-state index contributed by atoms with van der Waals surface area (Å²) < 4.78 is 1.80. The van der Waals surface area contributed by atoms with Crippen LogP contribution in [0.3, 0.4) is 0 Å². The second-order valence-electron chi connectivity index (χ2n) is 6.31. The number of aromatic nitrogens is 4. The third-order valence-electron chi connectivity index (χ3n) is 4.42. The van der Waals surface area contributed by atoms with Crippen molar-refractivity contribution < 1.29 is 4.79 Å². The van der Waals surface area contributed by atoms with Gasteiger partial charge in [0.1, 0.15) is 5.69 Å². The number of benzene rings is 1. The van der Waals surface area contributed by atoms with Crippen LogP contribution in [-0.2, 0) is 13.6 Å². The van der Waals surface area contributed by atoms with Gasteiger partial charge in [-0.05, 0) is 37.6 Å². The zero-order valence-electron chi connectivity index (χ0n) is 15.2. The molecule has 0 aliphatic heterocycles. The highest BCUT2D eigenvalue weighted by molar-refractivity contribution is 5.93. The van der Waals surface area contributed by atoms with Crippen LogP contribution < -0.4 is 0 Å². The number of carbonyl (C=O) groups excluding carboxylic acids is 1.